The van der Waals surface area contributed by atoms with E-state index in [1.807, 2.05) is 13.0 Å². The summed E-state index contributed by atoms with van der Waals surface area (Å²) in [6, 6.07) is 4.40. The van der Waals surface area contributed by atoms with Gasteiger partial charge in [-0.25, -0.2) is 4.79 Å². The number of aliphatic carboxylic acids is 1. The number of nitrogens with one attached hydrogen (secondary N) is 1. The molecule has 0 aliphatic carbocycles. The van der Waals surface area contributed by atoms with Gasteiger partial charge in [0.15, 0.2) is 0 Å². The van der Waals surface area contributed by atoms with Crippen LogP contribution < -0.4 is 5.32 Å². The maximum atomic E-state index is 10.7. The number of hydrogen-bond donors (Lipinski definition) is 4. The maximum Gasteiger partial charge on any atom is 0.328 e. The summed E-state index contributed by atoms with van der Waals surface area (Å²) in [5, 5.41) is 20.3. The van der Waals surface area contributed by atoms with Gasteiger partial charge in [0, 0.05) is 10.6 Å². The largest absolute Gasteiger partial charge is 0.480 e. The minimum Gasteiger partial charge on any atom is -0.480 e. The highest BCUT2D eigenvalue weighted by Gasteiger charge is 2.16. The fourth-order valence-electron chi connectivity index (χ4n) is 1.15. The zero-order valence-corrected chi connectivity index (χ0v) is 9.16. The molecule has 0 aromatic heterocycles. The lowest BCUT2D eigenvalue weighted by molar-refractivity contribution is -0.138. The first-order valence-corrected chi connectivity index (χ1v) is 4.89. The Morgan fingerprint density at radius 1 is 1.60 bits per heavy atom. The fraction of sp³-hybridized carbons (Fsp3) is 0.300. The number of carbonyl (C=O) groups is 1. The minimum absolute atomic E-state index is 0.462. The average Bonchev–Trinajstić information content (AvgIpc) is 2.19. The number of aryl methyl sites for hydroxylation is 1. The Labute approximate surface area is 93.3 Å². The molecule has 0 fully saturated rings. The Balaban J connectivity index is 2.88. The Hall–Kier alpha value is -1.20. The fourth-order valence-corrected chi connectivity index (χ4v) is 1.36. The number of carboxylic acids is 1. The molecular formula is C10H13NO3S. The SMILES string of the molecule is Cc1cccc(NC(CO)C(=O)O)c1S. The Kier molecular flexibility index (Phi) is 3.99. The molecular weight excluding hydrogens is 214 g/mol. The maximum absolute atomic E-state index is 10.7. The van der Waals surface area contributed by atoms with E-state index in [1.165, 1.54) is 0 Å². The van der Waals surface area contributed by atoms with Gasteiger partial charge in [0.1, 0.15) is 6.04 Å². The topological polar surface area (TPSA) is 69.6 Å². The van der Waals surface area contributed by atoms with Crippen LogP contribution in [0.5, 0.6) is 0 Å². The number of rotatable bonds is 4. The summed E-state index contributed by atoms with van der Waals surface area (Å²) in [6.07, 6.45) is 0. The lowest BCUT2D eigenvalue weighted by Crippen LogP contribution is -2.32. The Morgan fingerprint density at radius 3 is 2.80 bits per heavy atom. The van der Waals surface area contributed by atoms with E-state index >= 15 is 0 Å². The van der Waals surface area contributed by atoms with Crippen molar-refractivity contribution < 1.29 is 15.0 Å². The molecule has 1 aromatic rings. The van der Waals surface area contributed by atoms with E-state index in [0.29, 0.717) is 10.6 Å². The summed E-state index contributed by atoms with van der Waals surface area (Å²) in [6.45, 7) is 1.42. The summed E-state index contributed by atoms with van der Waals surface area (Å²) in [5.74, 6) is -1.09. The van der Waals surface area contributed by atoms with Gasteiger partial charge in [0.2, 0.25) is 0 Å². The molecule has 5 heteroatoms. The first-order chi connectivity index (χ1) is 7.06. The van der Waals surface area contributed by atoms with Gasteiger partial charge in [-0.2, -0.15) is 0 Å². The minimum atomic E-state index is -1.09. The molecule has 0 amide bonds. The van der Waals surface area contributed by atoms with Crippen molar-refractivity contribution in [3.8, 4) is 0 Å². The van der Waals surface area contributed by atoms with Crippen molar-refractivity contribution in [2.75, 3.05) is 11.9 Å². The summed E-state index contributed by atoms with van der Waals surface area (Å²) in [4.78, 5) is 11.4. The summed E-state index contributed by atoms with van der Waals surface area (Å²) >= 11 is 4.26. The number of anilines is 1. The van der Waals surface area contributed by atoms with Crippen molar-refractivity contribution in [2.24, 2.45) is 0 Å². The van der Waals surface area contributed by atoms with E-state index in [9.17, 15) is 4.79 Å². The molecule has 4 nitrogen and oxygen atoms in total. The van der Waals surface area contributed by atoms with Crippen LogP contribution in [0.1, 0.15) is 5.56 Å². The van der Waals surface area contributed by atoms with Gasteiger partial charge in [-0.15, -0.1) is 12.6 Å². The molecule has 0 spiro atoms. The number of aliphatic hydroxyl groups excluding tert-OH is 1. The molecule has 3 N–H and O–H groups in total. The molecule has 15 heavy (non-hydrogen) atoms. The van der Waals surface area contributed by atoms with Crippen molar-refractivity contribution in [3.05, 3.63) is 23.8 Å². The zero-order chi connectivity index (χ0) is 11.4. The van der Waals surface area contributed by atoms with Crippen LogP contribution in [0.25, 0.3) is 0 Å². The van der Waals surface area contributed by atoms with E-state index in [1.54, 1.807) is 12.1 Å². The molecule has 0 aliphatic rings. The van der Waals surface area contributed by atoms with E-state index in [2.05, 4.69) is 17.9 Å². The number of benzene rings is 1. The van der Waals surface area contributed by atoms with E-state index < -0.39 is 18.6 Å². The first-order valence-electron chi connectivity index (χ1n) is 4.45. The van der Waals surface area contributed by atoms with Crippen molar-refractivity contribution in [1.29, 1.82) is 0 Å². The Bertz CT molecular complexity index is 368. The number of carboxylic acid groups (broad SMARTS) is 1. The predicted octanol–water partition coefficient (Wildman–Crippen LogP) is 1.14. The smallest absolute Gasteiger partial charge is 0.328 e. The third-order valence-corrected chi connectivity index (χ3v) is 2.64. The molecule has 0 saturated carbocycles. The molecule has 1 unspecified atom stereocenters. The normalized spacial score (nSPS) is 12.2. The second-order valence-corrected chi connectivity index (χ2v) is 3.64. The van der Waals surface area contributed by atoms with Gasteiger partial charge in [-0.1, -0.05) is 12.1 Å². The van der Waals surface area contributed by atoms with Crippen LogP contribution in [0.3, 0.4) is 0 Å². The van der Waals surface area contributed by atoms with E-state index in [4.69, 9.17) is 10.2 Å². The zero-order valence-electron chi connectivity index (χ0n) is 8.27. The van der Waals surface area contributed by atoms with Crippen molar-refractivity contribution in [2.45, 2.75) is 17.9 Å². The molecule has 0 heterocycles. The van der Waals surface area contributed by atoms with E-state index in [0.717, 1.165) is 5.56 Å². The average molecular weight is 227 g/mol. The van der Waals surface area contributed by atoms with Gasteiger partial charge in [0.05, 0.1) is 6.61 Å². The van der Waals surface area contributed by atoms with Crippen molar-refractivity contribution >= 4 is 24.3 Å². The highest BCUT2D eigenvalue weighted by molar-refractivity contribution is 7.80. The highest BCUT2D eigenvalue weighted by atomic mass is 32.1. The van der Waals surface area contributed by atoms with Gasteiger partial charge < -0.3 is 15.5 Å². The number of hydrogen-bond acceptors (Lipinski definition) is 4. The molecule has 0 bridgehead atoms. The van der Waals surface area contributed by atoms with Crippen LogP contribution in [-0.4, -0.2) is 28.8 Å². The second-order valence-electron chi connectivity index (χ2n) is 3.19. The third kappa shape index (κ3) is 2.87. The third-order valence-electron chi connectivity index (χ3n) is 2.05. The standard InChI is InChI=1S/C10H13NO3S/c1-6-3-2-4-7(9(6)15)11-8(5-12)10(13)14/h2-4,8,11-12,15H,5H2,1H3,(H,13,14). The predicted molar refractivity (Wildman–Crippen MR) is 60.6 cm³/mol. The van der Waals surface area contributed by atoms with Crippen molar-refractivity contribution in [3.63, 3.8) is 0 Å². The number of aliphatic hydroxyl groups is 1. The van der Waals surface area contributed by atoms with Crippen LogP contribution >= 0.6 is 12.6 Å². The second kappa shape index (κ2) is 5.04. The molecule has 1 aromatic carbocycles. The molecule has 1 rings (SSSR count). The molecule has 0 aliphatic heterocycles. The van der Waals surface area contributed by atoms with Crippen LogP contribution in [0.4, 0.5) is 5.69 Å². The lowest BCUT2D eigenvalue weighted by Gasteiger charge is -2.15. The van der Waals surface area contributed by atoms with Gasteiger partial charge >= 0.3 is 5.97 Å². The van der Waals surface area contributed by atoms with Crippen LogP contribution in [0.15, 0.2) is 23.1 Å². The summed E-state index contributed by atoms with van der Waals surface area (Å²) in [7, 11) is 0. The van der Waals surface area contributed by atoms with Gasteiger partial charge in [-0.05, 0) is 18.6 Å². The Morgan fingerprint density at radius 2 is 2.27 bits per heavy atom. The van der Waals surface area contributed by atoms with Crippen LogP contribution in [0.2, 0.25) is 0 Å². The summed E-state index contributed by atoms with van der Waals surface area (Å²) in [5.41, 5.74) is 1.56. The number of thiol groups is 1. The molecule has 82 valence electrons. The first kappa shape index (κ1) is 11.9. The highest BCUT2D eigenvalue weighted by Crippen LogP contribution is 2.23. The summed E-state index contributed by atoms with van der Waals surface area (Å²) < 4.78 is 0. The molecule has 1 atom stereocenters. The quantitative estimate of drug-likeness (QED) is 0.582. The molecule has 0 radical (unpaired) electrons. The lowest BCUT2D eigenvalue weighted by atomic mass is 10.2. The molecule has 0 saturated heterocycles. The van der Waals surface area contributed by atoms with Gasteiger partial charge in [0.25, 0.3) is 0 Å². The van der Waals surface area contributed by atoms with Crippen LogP contribution in [0, 0.1) is 6.92 Å². The van der Waals surface area contributed by atoms with Gasteiger partial charge in [-0.3, -0.25) is 0 Å². The van der Waals surface area contributed by atoms with E-state index in [-0.39, 0.29) is 0 Å². The van der Waals surface area contributed by atoms with Crippen LogP contribution in [-0.2, 0) is 4.79 Å². The monoisotopic (exact) mass is 227 g/mol. The van der Waals surface area contributed by atoms with Crippen molar-refractivity contribution in [1.82, 2.24) is 0 Å².